The second-order valence-electron chi connectivity index (χ2n) is 6.47. The third-order valence-electron chi connectivity index (χ3n) is 4.55. The third-order valence-corrected chi connectivity index (χ3v) is 5.75. The zero-order chi connectivity index (χ0) is 16.2. The molecule has 124 valence electrons. The third kappa shape index (κ3) is 4.09. The SMILES string of the molecule is CC[C@H](C)NC(=O)CN1CCC[C@H](c2nc3ccccc3s2)C1. The summed E-state index contributed by atoms with van der Waals surface area (Å²) in [4.78, 5) is 19.2. The van der Waals surface area contributed by atoms with E-state index in [0.29, 0.717) is 12.5 Å². The van der Waals surface area contributed by atoms with Crippen molar-refractivity contribution in [2.24, 2.45) is 0 Å². The van der Waals surface area contributed by atoms with Crippen LogP contribution in [0.25, 0.3) is 10.2 Å². The fraction of sp³-hybridized carbons (Fsp3) is 0.556. The van der Waals surface area contributed by atoms with Crippen molar-refractivity contribution in [1.82, 2.24) is 15.2 Å². The molecule has 1 aromatic carbocycles. The van der Waals surface area contributed by atoms with Gasteiger partial charge in [-0.05, 0) is 44.9 Å². The Balaban J connectivity index is 1.62. The molecule has 1 aliphatic heterocycles. The van der Waals surface area contributed by atoms with E-state index in [1.54, 1.807) is 11.3 Å². The van der Waals surface area contributed by atoms with Crippen LogP contribution in [0.1, 0.15) is 44.0 Å². The van der Waals surface area contributed by atoms with Gasteiger partial charge in [-0.2, -0.15) is 0 Å². The van der Waals surface area contributed by atoms with E-state index < -0.39 is 0 Å². The summed E-state index contributed by atoms with van der Waals surface area (Å²) in [5, 5.41) is 4.28. The molecular formula is C18H25N3OS. The lowest BCUT2D eigenvalue weighted by Crippen LogP contribution is -2.44. The summed E-state index contributed by atoms with van der Waals surface area (Å²) in [7, 11) is 0. The molecular weight excluding hydrogens is 306 g/mol. The number of thiazole rings is 1. The Labute approximate surface area is 141 Å². The van der Waals surface area contributed by atoms with Gasteiger partial charge in [-0.25, -0.2) is 4.98 Å². The van der Waals surface area contributed by atoms with E-state index >= 15 is 0 Å². The molecule has 5 heteroatoms. The average Bonchev–Trinajstić information content (AvgIpc) is 2.99. The van der Waals surface area contributed by atoms with Crippen molar-refractivity contribution in [2.45, 2.75) is 45.1 Å². The number of hydrogen-bond donors (Lipinski definition) is 1. The van der Waals surface area contributed by atoms with E-state index in [9.17, 15) is 4.79 Å². The Bertz CT molecular complexity index is 636. The van der Waals surface area contributed by atoms with Crippen molar-refractivity contribution in [3.8, 4) is 0 Å². The monoisotopic (exact) mass is 331 g/mol. The molecule has 0 spiro atoms. The van der Waals surface area contributed by atoms with Crippen LogP contribution in [0, 0.1) is 0 Å². The number of aromatic nitrogens is 1. The van der Waals surface area contributed by atoms with Gasteiger partial charge < -0.3 is 5.32 Å². The molecule has 2 atom stereocenters. The van der Waals surface area contributed by atoms with Gasteiger partial charge in [0.2, 0.25) is 5.91 Å². The van der Waals surface area contributed by atoms with Gasteiger partial charge in [0, 0.05) is 18.5 Å². The van der Waals surface area contributed by atoms with E-state index in [2.05, 4.69) is 42.3 Å². The Morgan fingerprint density at radius 2 is 2.30 bits per heavy atom. The van der Waals surface area contributed by atoms with E-state index in [-0.39, 0.29) is 11.9 Å². The summed E-state index contributed by atoms with van der Waals surface area (Å²) in [6, 6.07) is 8.58. The second kappa shape index (κ2) is 7.41. The van der Waals surface area contributed by atoms with Gasteiger partial charge in [-0.15, -0.1) is 11.3 Å². The number of fused-ring (bicyclic) bond motifs is 1. The average molecular weight is 331 g/mol. The predicted molar refractivity (Wildman–Crippen MR) is 95.9 cm³/mol. The Hall–Kier alpha value is -1.46. The van der Waals surface area contributed by atoms with Crippen LogP contribution in [0.2, 0.25) is 0 Å². The summed E-state index contributed by atoms with van der Waals surface area (Å²) in [6.45, 7) is 6.60. The van der Waals surface area contributed by atoms with E-state index in [1.165, 1.54) is 16.1 Å². The molecule has 1 N–H and O–H groups in total. The van der Waals surface area contributed by atoms with Gasteiger partial charge in [0.25, 0.3) is 0 Å². The number of nitrogens with one attached hydrogen (secondary N) is 1. The number of carbonyl (C=O) groups is 1. The summed E-state index contributed by atoms with van der Waals surface area (Å²) >= 11 is 1.80. The molecule has 1 aliphatic rings. The molecule has 1 aromatic heterocycles. The van der Waals surface area contributed by atoms with Crippen molar-refractivity contribution in [1.29, 1.82) is 0 Å². The van der Waals surface area contributed by atoms with Crippen LogP contribution in [0.4, 0.5) is 0 Å². The number of rotatable bonds is 5. The Morgan fingerprint density at radius 1 is 1.48 bits per heavy atom. The molecule has 1 amide bonds. The predicted octanol–water partition coefficient (Wildman–Crippen LogP) is 3.39. The summed E-state index contributed by atoms with van der Waals surface area (Å²) in [5.74, 6) is 0.599. The quantitative estimate of drug-likeness (QED) is 0.913. The van der Waals surface area contributed by atoms with E-state index in [1.807, 2.05) is 6.07 Å². The highest BCUT2D eigenvalue weighted by atomic mass is 32.1. The summed E-state index contributed by atoms with van der Waals surface area (Å²) in [5.41, 5.74) is 1.10. The number of para-hydroxylation sites is 1. The largest absolute Gasteiger partial charge is 0.353 e. The highest BCUT2D eigenvalue weighted by molar-refractivity contribution is 7.18. The smallest absolute Gasteiger partial charge is 0.234 e. The first kappa shape index (κ1) is 16.4. The molecule has 2 aromatic rings. The van der Waals surface area contributed by atoms with Gasteiger partial charge in [0.1, 0.15) is 0 Å². The van der Waals surface area contributed by atoms with E-state index in [4.69, 9.17) is 4.98 Å². The topological polar surface area (TPSA) is 45.2 Å². The van der Waals surface area contributed by atoms with Crippen LogP contribution in [-0.2, 0) is 4.79 Å². The molecule has 0 aliphatic carbocycles. The van der Waals surface area contributed by atoms with Crippen LogP contribution in [-0.4, -0.2) is 41.5 Å². The van der Waals surface area contributed by atoms with Crippen LogP contribution in [0.5, 0.6) is 0 Å². The molecule has 4 nitrogen and oxygen atoms in total. The normalized spacial score (nSPS) is 20.5. The molecule has 0 unspecified atom stereocenters. The highest BCUT2D eigenvalue weighted by Crippen LogP contribution is 2.32. The molecule has 2 heterocycles. The maximum atomic E-state index is 12.1. The Morgan fingerprint density at radius 3 is 3.09 bits per heavy atom. The van der Waals surface area contributed by atoms with Gasteiger partial charge in [-0.1, -0.05) is 19.1 Å². The van der Waals surface area contributed by atoms with Gasteiger partial charge in [0.15, 0.2) is 0 Å². The molecule has 3 rings (SSSR count). The van der Waals surface area contributed by atoms with Crippen LogP contribution >= 0.6 is 11.3 Å². The first-order chi connectivity index (χ1) is 11.2. The van der Waals surface area contributed by atoms with Crippen molar-refractivity contribution in [3.05, 3.63) is 29.3 Å². The minimum Gasteiger partial charge on any atom is -0.353 e. The fourth-order valence-electron chi connectivity index (χ4n) is 3.09. The first-order valence-corrected chi connectivity index (χ1v) is 9.34. The molecule has 0 bridgehead atoms. The molecule has 1 saturated heterocycles. The van der Waals surface area contributed by atoms with Crippen LogP contribution in [0.15, 0.2) is 24.3 Å². The minimum absolute atomic E-state index is 0.143. The fourth-order valence-corrected chi connectivity index (χ4v) is 4.18. The minimum atomic E-state index is 0.143. The van der Waals surface area contributed by atoms with E-state index in [0.717, 1.165) is 31.4 Å². The molecule has 0 saturated carbocycles. The van der Waals surface area contributed by atoms with Crippen LogP contribution in [0.3, 0.4) is 0 Å². The lowest BCUT2D eigenvalue weighted by Gasteiger charge is -2.31. The number of likely N-dealkylation sites (tertiary alicyclic amines) is 1. The number of benzene rings is 1. The number of amides is 1. The van der Waals surface area contributed by atoms with Gasteiger partial charge in [0.05, 0.1) is 21.8 Å². The maximum absolute atomic E-state index is 12.1. The summed E-state index contributed by atoms with van der Waals surface area (Å²) < 4.78 is 1.26. The van der Waals surface area contributed by atoms with Crippen molar-refractivity contribution in [3.63, 3.8) is 0 Å². The maximum Gasteiger partial charge on any atom is 0.234 e. The standard InChI is InChI=1S/C18H25N3OS/c1-3-13(2)19-17(22)12-21-10-6-7-14(11-21)18-20-15-8-4-5-9-16(15)23-18/h4-5,8-9,13-14H,3,6-7,10-12H2,1-2H3,(H,19,22)/t13-,14-/m0/s1. The Kier molecular flexibility index (Phi) is 5.28. The lowest BCUT2D eigenvalue weighted by molar-refractivity contribution is -0.123. The lowest BCUT2D eigenvalue weighted by atomic mass is 9.99. The first-order valence-electron chi connectivity index (χ1n) is 8.53. The van der Waals surface area contributed by atoms with Crippen molar-refractivity contribution in [2.75, 3.05) is 19.6 Å². The highest BCUT2D eigenvalue weighted by Gasteiger charge is 2.25. The molecule has 1 fully saturated rings. The van der Waals surface area contributed by atoms with Crippen molar-refractivity contribution >= 4 is 27.5 Å². The van der Waals surface area contributed by atoms with Crippen LogP contribution < -0.4 is 5.32 Å². The zero-order valence-electron chi connectivity index (χ0n) is 13.9. The number of carbonyl (C=O) groups excluding carboxylic acids is 1. The summed E-state index contributed by atoms with van der Waals surface area (Å²) in [6.07, 6.45) is 3.28. The van der Waals surface area contributed by atoms with Gasteiger partial charge in [-0.3, -0.25) is 9.69 Å². The number of nitrogens with zero attached hydrogens (tertiary/aromatic N) is 2. The van der Waals surface area contributed by atoms with Crippen molar-refractivity contribution < 1.29 is 4.79 Å². The molecule has 23 heavy (non-hydrogen) atoms. The number of piperidine rings is 1. The van der Waals surface area contributed by atoms with Gasteiger partial charge >= 0.3 is 0 Å². The second-order valence-corrected chi connectivity index (χ2v) is 7.53. The number of hydrogen-bond acceptors (Lipinski definition) is 4. The molecule has 0 radical (unpaired) electrons. The zero-order valence-corrected chi connectivity index (χ0v) is 14.7.